The molecule has 0 bridgehead atoms. The summed E-state index contributed by atoms with van der Waals surface area (Å²) in [5.41, 5.74) is 0. The zero-order valence-corrected chi connectivity index (χ0v) is 45.6. The lowest BCUT2D eigenvalue weighted by molar-refractivity contribution is -0.332. The summed E-state index contributed by atoms with van der Waals surface area (Å²) in [5.74, 6) is -0.954. The van der Waals surface area contributed by atoms with Crippen molar-refractivity contribution in [3.05, 3.63) is 60.8 Å². The summed E-state index contributed by atoms with van der Waals surface area (Å²) in [5, 5.41) is 72.3. The Hall–Kier alpha value is -2.80. The third-order valence-corrected chi connectivity index (χ3v) is 13.5. The average Bonchev–Trinajstić information content (AvgIpc) is 3.39. The van der Waals surface area contributed by atoms with Gasteiger partial charge in [0.1, 0.15) is 55.4 Å². The van der Waals surface area contributed by atoms with Gasteiger partial charge in [-0.1, -0.05) is 177 Å². The van der Waals surface area contributed by atoms with Crippen LogP contribution in [0, 0.1) is 0 Å². The van der Waals surface area contributed by atoms with Gasteiger partial charge in [-0.2, -0.15) is 0 Å². The summed E-state index contributed by atoms with van der Waals surface area (Å²) in [6.45, 7) is 2.47. The lowest BCUT2D eigenvalue weighted by Crippen LogP contribution is -2.61. The minimum atomic E-state index is -1.77. The molecule has 2 aliphatic rings. The van der Waals surface area contributed by atoms with Gasteiger partial charge >= 0.3 is 11.9 Å². The van der Waals surface area contributed by atoms with Gasteiger partial charge in [-0.25, -0.2) is 0 Å². The molecule has 74 heavy (non-hydrogen) atoms. The molecule has 11 unspecified atom stereocenters. The molecule has 0 saturated carbocycles. The second-order valence-electron chi connectivity index (χ2n) is 20.1. The molecule has 0 amide bonds. The van der Waals surface area contributed by atoms with Crippen LogP contribution in [0.3, 0.4) is 0 Å². The summed E-state index contributed by atoms with van der Waals surface area (Å²) in [7, 11) is 0. The largest absolute Gasteiger partial charge is 0.462 e. The molecule has 2 heterocycles. The van der Waals surface area contributed by atoms with E-state index in [0.717, 1.165) is 70.6 Å². The highest BCUT2D eigenvalue weighted by Crippen LogP contribution is 2.27. The molecular formula is C59H102O15. The average molecular weight is 1050 g/mol. The highest BCUT2D eigenvalue weighted by Gasteiger charge is 2.47. The van der Waals surface area contributed by atoms with Crippen molar-refractivity contribution in [2.75, 3.05) is 26.4 Å². The van der Waals surface area contributed by atoms with Gasteiger partial charge in [0.15, 0.2) is 18.7 Å². The van der Waals surface area contributed by atoms with E-state index >= 15 is 0 Å². The van der Waals surface area contributed by atoms with Gasteiger partial charge in [-0.05, 0) is 77.0 Å². The number of aliphatic hydroxyl groups is 7. The zero-order valence-electron chi connectivity index (χ0n) is 45.6. The molecule has 2 aliphatic heterocycles. The van der Waals surface area contributed by atoms with Crippen molar-refractivity contribution in [2.24, 2.45) is 0 Å². The maximum absolute atomic E-state index is 13.0. The van der Waals surface area contributed by atoms with Gasteiger partial charge in [0.2, 0.25) is 0 Å². The number of carbonyl (C=O) groups is 2. The molecule has 15 nitrogen and oxygen atoms in total. The first kappa shape index (κ1) is 67.3. The Morgan fingerprint density at radius 2 is 0.851 bits per heavy atom. The number of hydrogen-bond acceptors (Lipinski definition) is 15. The Balaban J connectivity index is 1.76. The van der Waals surface area contributed by atoms with Crippen LogP contribution in [-0.4, -0.2) is 142 Å². The SMILES string of the molecule is CC/C=C\C/C=C\C/C=C\C/C=C\CCCCCCC(=O)OC(COC(=O)CCCCCCCCCCC/C=C\CCCCCCCCCC)COC1OC(COC2OC(CO)C(O)C(O)C2O)C(O)C(O)C1O. The van der Waals surface area contributed by atoms with Crippen LogP contribution in [0.4, 0.5) is 0 Å². The van der Waals surface area contributed by atoms with Crippen molar-refractivity contribution < 1.29 is 73.8 Å². The number of ether oxygens (including phenoxy) is 6. The summed E-state index contributed by atoms with van der Waals surface area (Å²) in [6, 6.07) is 0. The van der Waals surface area contributed by atoms with Crippen LogP contribution in [0.2, 0.25) is 0 Å². The van der Waals surface area contributed by atoms with Crippen LogP contribution in [-0.2, 0) is 38.0 Å². The summed E-state index contributed by atoms with van der Waals surface area (Å²) in [6.07, 6.45) is 36.7. The van der Waals surface area contributed by atoms with E-state index in [-0.39, 0.29) is 19.4 Å². The third-order valence-electron chi connectivity index (χ3n) is 13.5. The lowest BCUT2D eigenvalue weighted by atomic mass is 9.98. The fourth-order valence-corrected chi connectivity index (χ4v) is 8.79. The predicted molar refractivity (Wildman–Crippen MR) is 289 cm³/mol. The molecule has 0 aromatic heterocycles. The number of aliphatic hydroxyl groups excluding tert-OH is 7. The smallest absolute Gasteiger partial charge is 0.306 e. The molecule has 0 aromatic rings. The third kappa shape index (κ3) is 32.1. The highest BCUT2D eigenvalue weighted by molar-refractivity contribution is 5.70. The quantitative estimate of drug-likeness (QED) is 0.0171. The zero-order chi connectivity index (χ0) is 53.9. The van der Waals surface area contributed by atoms with Crippen molar-refractivity contribution >= 4 is 11.9 Å². The van der Waals surface area contributed by atoms with E-state index in [1.807, 2.05) is 0 Å². The molecule has 428 valence electrons. The normalized spacial score (nSPS) is 25.1. The molecule has 0 aromatic carbocycles. The Morgan fingerprint density at radius 1 is 0.446 bits per heavy atom. The second-order valence-corrected chi connectivity index (χ2v) is 20.1. The molecule has 0 radical (unpaired) electrons. The van der Waals surface area contributed by atoms with Crippen molar-refractivity contribution in [1.29, 1.82) is 0 Å². The number of esters is 2. The molecular weight excluding hydrogens is 949 g/mol. The summed E-state index contributed by atoms with van der Waals surface area (Å²) < 4.78 is 33.7. The minimum absolute atomic E-state index is 0.135. The van der Waals surface area contributed by atoms with Gasteiger partial charge in [0.05, 0.1) is 19.8 Å². The van der Waals surface area contributed by atoms with Crippen molar-refractivity contribution in [3.8, 4) is 0 Å². The Morgan fingerprint density at radius 3 is 1.35 bits per heavy atom. The van der Waals surface area contributed by atoms with Crippen LogP contribution in [0.1, 0.15) is 206 Å². The van der Waals surface area contributed by atoms with Crippen LogP contribution >= 0.6 is 0 Å². The topological polar surface area (TPSA) is 231 Å². The fourth-order valence-electron chi connectivity index (χ4n) is 8.79. The number of allylic oxidation sites excluding steroid dienone is 10. The Labute approximate surface area is 445 Å². The first-order valence-electron chi connectivity index (χ1n) is 28.9. The van der Waals surface area contributed by atoms with Gasteiger partial charge in [0, 0.05) is 12.8 Å². The van der Waals surface area contributed by atoms with E-state index < -0.39 is 99.3 Å². The van der Waals surface area contributed by atoms with E-state index in [4.69, 9.17) is 28.4 Å². The number of unbranched alkanes of at least 4 members (excludes halogenated alkanes) is 21. The van der Waals surface area contributed by atoms with Crippen molar-refractivity contribution in [2.45, 2.75) is 274 Å². The van der Waals surface area contributed by atoms with Crippen LogP contribution in [0.25, 0.3) is 0 Å². The summed E-state index contributed by atoms with van der Waals surface area (Å²) in [4.78, 5) is 25.9. The van der Waals surface area contributed by atoms with Crippen molar-refractivity contribution in [3.63, 3.8) is 0 Å². The first-order chi connectivity index (χ1) is 36.0. The molecule has 0 spiro atoms. The van der Waals surface area contributed by atoms with Crippen LogP contribution in [0.5, 0.6) is 0 Å². The number of hydrogen-bond donors (Lipinski definition) is 7. The molecule has 15 heteroatoms. The van der Waals surface area contributed by atoms with E-state index in [2.05, 4.69) is 74.6 Å². The molecule has 0 aliphatic carbocycles. The van der Waals surface area contributed by atoms with Gasteiger partial charge in [0.25, 0.3) is 0 Å². The van der Waals surface area contributed by atoms with Crippen LogP contribution in [0.15, 0.2) is 60.8 Å². The monoisotopic (exact) mass is 1050 g/mol. The van der Waals surface area contributed by atoms with E-state index in [0.29, 0.717) is 12.8 Å². The lowest BCUT2D eigenvalue weighted by Gasteiger charge is -2.42. The highest BCUT2D eigenvalue weighted by atomic mass is 16.7. The Bertz CT molecular complexity index is 1520. The molecule has 2 saturated heterocycles. The minimum Gasteiger partial charge on any atom is -0.462 e. The van der Waals surface area contributed by atoms with Gasteiger partial charge in [-0.3, -0.25) is 9.59 Å². The summed E-state index contributed by atoms with van der Waals surface area (Å²) >= 11 is 0. The molecule has 11 atom stereocenters. The maximum atomic E-state index is 13.0. The van der Waals surface area contributed by atoms with Gasteiger partial charge in [-0.15, -0.1) is 0 Å². The Kier molecular flexibility index (Phi) is 41.2. The van der Waals surface area contributed by atoms with E-state index in [1.54, 1.807) is 0 Å². The van der Waals surface area contributed by atoms with E-state index in [1.165, 1.54) is 96.3 Å². The number of carbonyl (C=O) groups excluding carboxylic acids is 2. The molecule has 2 fully saturated rings. The predicted octanol–water partition coefficient (Wildman–Crippen LogP) is 9.61. The fraction of sp³-hybridized carbons (Fsp3) is 0.797. The second kappa shape index (κ2) is 45.2. The molecule has 2 rings (SSSR count). The first-order valence-corrected chi connectivity index (χ1v) is 28.9. The van der Waals surface area contributed by atoms with Crippen LogP contribution < -0.4 is 0 Å². The van der Waals surface area contributed by atoms with Crippen molar-refractivity contribution in [1.82, 2.24) is 0 Å². The number of rotatable bonds is 45. The molecule has 7 N–H and O–H groups in total. The van der Waals surface area contributed by atoms with E-state index in [9.17, 15) is 45.3 Å². The standard InChI is InChI=1S/C59H102O15/c1-3-5-7-9-11-13-15-17-19-21-22-23-24-26-27-29-31-33-35-37-39-41-50(61)69-44-47(72-51(62)42-40-38-36-34-32-30-28-25-20-18-16-14-12-10-8-6-4-2)45-70-58-57(68)55(66)53(64)49(74-58)46-71-59-56(67)54(65)52(63)48(43-60)73-59/h6,8,12,14,18,20-22,28,30,47-49,52-60,63-68H,3-5,7,9-11,13,15-17,19,23-27,29,31-46H2,1-2H3/b8-6-,14-12-,20-18-,22-21-,30-28-. The maximum Gasteiger partial charge on any atom is 0.306 e. The van der Waals surface area contributed by atoms with Gasteiger partial charge < -0.3 is 64.2 Å².